The first-order valence-corrected chi connectivity index (χ1v) is 5.03. The van der Waals surface area contributed by atoms with Gasteiger partial charge in [0, 0.05) is 13.6 Å². The summed E-state index contributed by atoms with van der Waals surface area (Å²) in [5.41, 5.74) is 5.41. The van der Waals surface area contributed by atoms with E-state index in [9.17, 15) is 4.39 Å². The van der Waals surface area contributed by atoms with Gasteiger partial charge in [0.25, 0.3) is 0 Å². The van der Waals surface area contributed by atoms with Crippen molar-refractivity contribution in [2.45, 2.75) is 20.3 Å². The van der Waals surface area contributed by atoms with E-state index in [1.54, 1.807) is 11.9 Å². The third-order valence-electron chi connectivity index (χ3n) is 2.39. The minimum absolute atomic E-state index is 0.0994. The van der Waals surface area contributed by atoms with Crippen LogP contribution in [0.2, 0.25) is 0 Å². The molecule has 0 aliphatic carbocycles. The van der Waals surface area contributed by atoms with Gasteiger partial charge in [-0.3, -0.25) is 0 Å². The number of nitrogen functional groups attached to an aromatic ring is 1. The Morgan fingerprint density at radius 2 is 2.27 bits per heavy atom. The molecule has 84 valence electrons. The quantitative estimate of drug-likeness (QED) is 0.825. The number of nitrogens with zero attached hydrogens (tertiary/aromatic N) is 3. The lowest BCUT2D eigenvalue weighted by Crippen LogP contribution is -2.26. The normalized spacial score (nSPS) is 12.5. The molecular formula is C10H17FN4. The van der Waals surface area contributed by atoms with Gasteiger partial charge in [0.1, 0.15) is 0 Å². The topological polar surface area (TPSA) is 55.0 Å². The second kappa shape index (κ2) is 4.91. The molecule has 0 aliphatic rings. The number of anilines is 2. The van der Waals surface area contributed by atoms with E-state index in [2.05, 4.69) is 23.8 Å². The highest BCUT2D eigenvalue weighted by Crippen LogP contribution is 2.16. The Morgan fingerprint density at radius 1 is 1.60 bits per heavy atom. The summed E-state index contributed by atoms with van der Waals surface area (Å²) in [6, 6.07) is 0. The average molecular weight is 212 g/mol. The molecule has 15 heavy (non-hydrogen) atoms. The van der Waals surface area contributed by atoms with Crippen LogP contribution in [0.5, 0.6) is 0 Å². The molecule has 0 aliphatic heterocycles. The highest BCUT2D eigenvalue weighted by atomic mass is 19.1. The Balaban J connectivity index is 2.80. The molecule has 1 aromatic heterocycles. The molecular weight excluding hydrogens is 195 g/mol. The molecule has 1 unspecified atom stereocenters. The van der Waals surface area contributed by atoms with Crippen molar-refractivity contribution >= 4 is 11.8 Å². The lowest BCUT2D eigenvalue weighted by Gasteiger charge is -2.21. The monoisotopic (exact) mass is 212 g/mol. The minimum Gasteiger partial charge on any atom is -0.368 e. The lowest BCUT2D eigenvalue weighted by molar-refractivity contribution is 0.544. The zero-order valence-electron chi connectivity index (χ0n) is 9.37. The smallest absolute Gasteiger partial charge is 0.222 e. The van der Waals surface area contributed by atoms with Gasteiger partial charge in [-0.2, -0.15) is 4.98 Å². The van der Waals surface area contributed by atoms with Gasteiger partial charge in [0.15, 0.2) is 11.6 Å². The van der Waals surface area contributed by atoms with E-state index in [4.69, 9.17) is 5.73 Å². The van der Waals surface area contributed by atoms with E-state index in [0.717, 1.165) is 19.2 Å². The molecule has 1 rings (SSSR count). The summed E-state index contributed by atoms with van der Waals surface area (Å²) in [5, 5.41) is 0. The standard InChI is InChI=1S/C10H17FN4/c1-4-7(2)6-15(3)9-8(11)5-13-10(12)14-9/h5,7H,4,6H2,1-3H3,(H2,12,13,14). The van der Waals surface area contributed by atoms with Gasteiger partial charge in [0.2, 0.25) is 5.95 Å². The summed E-state index contributed by atoms with van der Waals surface area (Å²) in [5.74, 6) is 0.422. The highest BCUT2D eigenvalue weighted by molar-refractivity contribution is 5.41. The van der Waals surface area contributed by atoms with Gasteiger partial charge in [-0.15, -0.1) is 0 Å². The molecule has 4 nitrogen and oxygen atoms in total. The number of aromatic nitrogens is 2. The predicted molar refractivity (Wildman–Crippen MR) is 59.1 cm³/mol. The number of hydrogen-bond acceptors (Lipinski definition) is 4. The summed E-state index contributed by atoms with van der Waals surface area (Å²) in [6.07, 6.45) is 2.15. The molecule has 0 fully saturated rings. The molecule has 0 bridgehead atoms. The van der Waals surface area contributed by atoms with E-state index in [-0.39, 0.29) is 11.8 Å². The maximum atomic E-state index is 13.4. The van der Waals surface area contributed by atoms with Gasteiger partial charge >= 0.3 is 0 Å². The van der Waals surface area contributed by atoms with Crippen LogP contribution in [-0.2, 0) is 0 Å². The average Bonchev–Trinajstić information content (AvgIpc) is 2.21. The van der Waals surface area contributed by atoms with Gasteiger partial charge in [-0.1, -0.05) is 20.3 Å². The van der Waals surface area contributed by atoms with Crippen molar-refractivity contribution < 1.29 is 4.39 Å². The fraction of sp³-hybridized carbons (Fsp3) is 0.600. The molecule has 0 radical (unpaired) electrons. The lowest BCUT2D eigenvalue weighted by atomic mass is 10.1. The summed E-state index contributed by atoms with van der Waals surface area (Å²) < 4.78 is 13.4. The zero-order valence-corrected chi connectivity index (χ0v) is 9.37. The number of rotatable bonds is 4. The van der Waals surface area contributed by atoms with Crippen molar-refractivity contribution in [2.75, 3.05) is 24.2 Å². The molecule has 0 saturated heterocycles. The minimum atomic E-state index is -0.435. The first-order chi connectivity index (χ1) is 7.04. The molecule has 1 atom stereocenters. The van der Waals surface area contributed by atoms with E-state index in [1.165, 1.54) is 0 Å². The van der Waals surface area contributed by atoms with Crippen LogP contribution in [0.3, 0.4) is 0 Å². The van der Waals surface area contributed by atoms with Crippen molar-refractivity contribution in [2.24, 2.45) is 5.92 Å². The van der Waals surface area contributed by atoms with Crippen molar-refractivity contribution in [1.82, 2.24) is 9.97 Å². The van der Waals surface area contributed by atoms with Gasteiger partial charge in [-0.25, -0.2) is 9.37 Å². The van der Waals surface area contributed by atoms with Crippen LogP contribution in [-0.4, -0.2) is 23.6 Å². The maximum Gasteiger partial charge on any atom is 0.222 e. The number of halogens is 1. The molecule has 2 N–H and O–H groups in total. The molecule has 1 heterocycles. The predicted octanol–water partition coefficient (Wildman–Crippen LogP) is 1.68. The molecule has 0 saturated carbocycles. The fourth-order valence-corrected chi connectivity index (χ4v) is 1.32. The van der Waals surface area contributed by atoms with Crippen molar-refractivity contribution in [3.63, 3.8) is 0 Å². The highest BCUT2D eigenvalue weighted by Gasteiger charge is 2.12. The Labute approximate surface area is 89.3 Å². The Hall–Kier alpha value is -1.39. The Kier molecular flexibility index (Phi) is 3.82. The fourth-order valence-electron chi connectivity index (χ4n) is 1.32. The summed E-state index contributed by atoms with van der Waals surface area (Å²) in [6.45, 7) is 4.96. The van der Waals surface area contributed by atoms with Gasteiger partial charge in [0.05, 0.1) is 6.20 Å². The molecule has 0 aromatic carbocycles. The van der Waals surface area contributed by atoms with E-state index in [1.807, 2.05) is 0 Å². The van der Waals surface area contributed by atoms with Gasteiger partial charge < -0.3 is 10.6 Å². The summed E-state index contributed by atoms with van der Waals surface area (Å²) in [4.78, 5) is 9.23. The molecule has 5 heteroatoms. The van der Waals surface area contributed by atoms with E-state index in [0.29, 0.717) is 5.92 Å². The maximum absolute atomic E-state index is 13.4. The van der Waals surface area contributed by atoms with Gasteiger partial charge in [-0.05, 0) is 5.92 Å². The molecule has 1 aromatic rings. The second-order valence-electron chi connectivity index (χ2n) is 3.79. The van der Waals surface area contributed by atoms with Crippen molar-refractivity contribution in [1.29, 1.82) is 0 Å². The van der Waals surface area contributed by atoms with Crippen molar-refractivity contribution in [3.8, 4) is 0 Å². The third-order valence-corrected chi connectivity index (χ3v) is 2.39. The second-order valence-corrected chi connectivity index (χ2v) is 3.79. The van der Waals surface area contributed by atoms with E-state index < -0.39 is 5.82 Å². The Bertz CT molecular complexity index is 329. The van der Waals surface area contributed by atoms with Crippen LogP contribution < -0.4 is 10.6 Å². The SMILES string of the molecule is CCC(C)CN(C)c1nc(N)ncc1F. The third kappa shape index (κ3) is 3.04. The number of nitrogens with two attached hydrogens (primary N) is 1. The first kappa shape index (κ1) is 11.7. The van der Waals surface area contributed by atoms with Crippen LogP contribution in [0.25, 0.3) is 0 Å². The summed E-state index contributed by atoms with van der Waals surface area (Å²) >= 11 is 0. The van der Waals surface area contributed by atoms with Crippen LogP contribution in [0.1, 0.15) is 20.3 Å². The van der Waals surface area contributed by atoms with Crippen LogP contribution in [0.4, 0.5) is 16.2 Å². The Morgan fingerprint density at radius 3 is 2.87 bits per heavy atom. The molecule has 0 spiro atoms. The zero-order chi connectivity index (χ0) is 11.4. The summed E-state index contributed by atoms with van der Waals surface area (Å²) in [7, 11) is 1.80. The van der Waals surface area contributed by atoms with Crippen LogP contribution in [0.15, 0.2) is 6.20 Å². The van der Waals surface area contributed by atoms with E-state index >= 15 is 0 Å². The number of hydrogen-bond donors (Lipinski definition) is 1. The van der Waals surface area contributed by atoms with Crippen LogP contribution >= 0.6 is 0 Å². The van der Waals surface area contributed by atoms with Crippen LogP contribution in [0, 0.1) is 11.7 Å². The molecule has 0 amide bonds. The first-order valence-electron chi connectivity index (χ1n) is 5.03. The largest absolute Gasteiger partial charge is 0.368 e. The van der Waals surface area contributed by atoms with Crippen molar-refractivity contribution in [3.05, 3.63) is 12.0 Å².